The van der Waals surface area contributed by atoms with Gasteiger partial charge in [-0.05, 0) is 13.8 Å². The topological polar surface area (TPSA) is 71.5 Å². The van der Waals surface area contributed by atoms with Gasteiger partial charge < -0.3 is 14.5 Å². The highest BCUT2D eigenvalue weighted by atomic mass is 32.1. The van der Waals surface area contributed by atoms with Gasteiger partial charge in [0.1, 0.15) is 0 Å². The smallest absolute Gasteiger partial charge is 0.228 e. The van der Waals surface area contributed by atoms with Gasteiger partial charge in [-0.15, -0.1) is 11.3 Å². The molecule has 2 aromatic rings. The highest BCUT2D eigenvalue weighted by Crippen LogP contribution is 2.16. The second-order valence-corrected chi connectivity index (χ2v) is 6.59. The molecule has 0 unspecified atom stereocenters. The third-order valence-corrected chi connectivity index (χ3v) is 4.65. The largest absolute Gasteiger partial charge is 0.478 e. The monoisotopic (exact) mass is 347 g/mol. The Morgan fingerprint density at radius 1 is 1.29 bits per heavy atom. The fourth-order valence-corrected chi connectivity index (χ4v) is 3.24. The summed E-state index contributed by atoms with van der Waals surface area (Å²) in [6.45, 7) is 7.24. The minimum Gasteiger partial charge on any atom is -0.478 e. The van der Waals surface area contributed by atoms with Crippen molar-refractivity contribution in [3.05, 3.63) is 28.3 Å². The normalized spacial score (nSPS) is 14.8. The molecule has 128 valence electrons. The Bertz CT molecular complexity index is 697. The van der Waals surface area contributed by atoms with Crippen LogP contribution in [0.25, 0.3) is 0 Å². The van der Waals surface area contributed by atoms with E-state index in [0.29, 0.717) is 37.9 Å². The number of aromatic nitrogens is 3. The molecular formula is C16H21N5O2S. The average molecular weight is 347 g/mol. The molecule has 7 nitrogen and oxygen atoms in total. The highest BCUT2D eigenvalue weighted by molar-refractivity contribution is 7.09. The van der Waals surface area contributed by atoms with Crippen LogP contribution in [0.3, 0.4) is 0 Å². The van der Waals surface area contributed by atoms with Crippen molar-refractivity contribution in [2.24, 2.45) is 0 Å². The van der Waals surface area contributed by atoms with Crippen LogP contribution >= 0.6 is 11.3 Å². The van der Waals surface area contributed by atoms with Crippen LogP contribution in [0.1, 0.15) is 17.6 Å². The second-order valence-electron chi connectivity index (χ2n) is 5.53. The van der Waals surface area contributed by atoms with E-state index in [0.717, 1.165) is 23.8 Å². The van der Waals surface area contributed by atoms with E-state index in [-0.39, 0.29) is 5.91 Å². The zero-order valence-corrected chi connectivity index (χ0v) is 14.8. The number of rotatable bonds is 5. The second kappa shape index (κ2) is 7.57. The summed E-state index contributed by atoms with van der Waals surface area (Å²) < 4.78 is 5.42. The van der Waals surface area contributed by atoms with Gasteiger partial charge in [-0.3, -0.25) is 4.79 Å². The highest BCUT2D eigenvalue weighted by Gasteiger charge is 2.23. The molecule has 24 heavy (non-hydrogen) atoms. The predicted molar refractivity (Wildman–Crippen MR) is 92.5 cm³/mol. The predicted octanol–water partition coefficient (Wildman–Crippen LogP) is 1.53. The maximum atomic E-state index is 12.4. The molecule has 0 atom stereocenters. The first kappa shape index (κ1) is 16.6. The molecule has 0 aliphatic carbocycles. The first-order valence-corrected chi connectivity index (χ1v) is 8.93. The number of hydrogen-bond donors (Lipinski definition) is 0. The lowest BCUT2D eigenvalue weighted by atomic mass is 10.2. The number of thiazole rings is 1. The van der Waals surface area contributed by atoms with Crippen molar-refractivity contribution < 1.29 is 9.53 Å². The summed E-state index contributed by atoms with van der Waals surface area (Å²) >= 11 is 1.58. The van der Waals surface area contributed by atoms with Gasteiger partial charge in [0.05, 0.1) is 23.7 Å². The molecule has 0 bridgehead atoms. The number of amides is 1. The van der Waals surface area contributed by atoms with E-state index in [1.54, 1.807) is 23.6 Å². The Labute approximate surface area is 145 Å². The summed E-state index contributed by atoms with van der Waals surface area (Å²) in [5.74, 6) is 1.37. The summed E-state index contributed by atoms with van der Waals surface area (Å²) in [5, 5.41) is 2.95. The molecule has 1 aliphatic heterocycles. The average Bonchev–Trinajstić information content (AvgIpc) is 3.00. The molecular weight excluding hydrogens is 326 g/mol. The Kier molecular flexibility index (Phi) is 5.24. The number of piperazine rings is 1. The number of nitrogens with zero attached hydrogens (tertiary/aromatic N) is 5. The fraction of sp³-hybridized carbons (Fsp3) is 0.500. The molecule has 2 aromatic heterocycles. The van der Waals surface area contributed by atoms with Gasteiger partial charge in [-0.1, -0.05) is 0 Å². The van der Waals surface area contributed by atoms with Crippen molar-refractivity contribution in [2.45, 2.75) is 20.3 Å². The molecule has 3 rings (SSSR count). The number of carbonyl (C=O) groups excluding carboxylic acids is 1. The van der Waals surface area contributed by atoms with Crippen LogP contribution in [0, 0.1) is 6.92 Å². The third kappa shape index (κ3) is 4.00. The minimum absolute atomic E-state index is 0.129. The van der Waals surface area contributed by atoms with Crippen LogP contribution in [0.4, 0.5) is 5.95 Å². The van der Waals surface area contributed by atoms with Crippen LogP contribution in [0.2, 0.25) is 0 Å². The van der Waals surface area contributed by atoms with Gasteiger partial charge >= 0.3 is 0 Å². The van der Waals surface area contributed by atoms with E-state index in [2.05, 4.69) is 19.9 Å². The summed E-state index contributed by atoms with van der Waals surface area (Å²) in [6, 6.07) is 1.75. The van der Waals surface area contributed by atoms with E-state index < -0.39 is 0 Å². The van der Waals surface area contributed by atoms with Gasteiger partial charge in [-0.25, -0.2) is 9.97 Å². The quantitative estimate of drug-likeness (QED) is 0.817. The Hall–Kier alpha value is -2.22. The molecule has 8 heteroatoms. The van der Waals surface area contributed by atoms with Crippen LogP contribution in [0.15, 0.2) is 17.6 Å². The summed E-state index contributed by atoms with van der Waals surface area (Å²) in [5.41, 5.74) is 0.859. The van der Waals surface area contributed by atoms with Gasteiger partial charge in [0.25, 0.3) is 0 Å². The molecule has 1 amide bonds. The van der Waals surface area contributed by atoms with Crippen LogP contribution in [-0.4, -0.2) is 58.5 Å². The lowest BCUT2D eigenvalue weighted by molar-refractivity contribution is -0.130. The number of hydrogen-bond acceptors (Lipinski definition) is 7. The van der Waals surface area contributed by atoms with Gasteiger partial charge in [0.2, 0.25) is 17.7 Å². The maximum absolute atomic E-state index is 12.4. The molecule has 1 fully saturated rings. The van der Waals surface area contributed by atoms with Crippen LogP contribution in [0.5, 0.6) is 5.88 Å². The maximum Gasteiger partial charge on any atom is 0.228 e. The summed E-state index contributed by atoms with van der Waals surface area (Å²) in [7, 11) is 0. The van der Waals surface area contributed by atoms with Crippen molar-refractivity contribution in [1.29, 1.82) is 0 Å². The molecule has 0 radical (unpaired) electrons. The minimum atomic E-state index is 0.129. The van der Waals surface area contributed by atoms with Crippen molar-refractivity contribution in [1.82, 2.24) is 19.9 Å². The Morgan fingerprint density at radius 3 is 2.75 bits per heavy atom. The SMILES string of the molecule is CCOc1ccnc(N2CCN(C(=O)Cc3csc(C)n3)CC2)n1. The number of aryl methyl sites for hydroxylation is 1. The standard InChI is InChI=1S/C16H21N5O2S/c1-3-23-14-4-5-17-16(19-14)21-8-6-20(7-9-21)15(22)10-13-11-24-12(2)18-13/h4-5,11H,3,6-10H2,1-2H3. The molecule has 3 heterocycles. The lowest BCUT2D eigenvalue weighted by Gasteiger charge is -2.34. The van der Waals surface area contributed by atoms with Crippen molar-refractivity contribution in [3.63, 3.8) is 0 Å². The van der Waals surface area contributed by atoms with Crippen molar-refractivity contribution in [3.8, 4) is 5.88 Å². The van der Waals surface area contributed by atoms with E-state index in [9.17, 15) is 4.79 Å². The van der Waals surface area contributed by atoms with E-state index in [1.165, 1.54) is 0 Å². The molecule has 0 N–H and O–H groups in total. The van der Waals surface area contributed by atoms with E-state index in [4.69, 9.17) is 4.74 Å². The Morgan fingerprint density at radius 2 is 2.08 bits per heavy atom. The fourth-order valence-electron chi connectivity index (χ4n) is 2.63. The van der Waals surface area contributed by atoms with Crippen molar-refractivity contribution in [2.75, 3.05) is 37.7 Å². The Balaban J connectivity index is 1.55. The van der Waals surface area contributed by atoms with E-state index >= 15 is 0 Å². The van der Waals surface area contributed by atoms with Gasteiger partial charge in [0, 0.05) is 43.8 Å². The molecule has 1 aliphatic rings. The summed E-state index contributed by atoms with van der Waals surface area (Å²) in [6.07, 6.45) is 2.08. The summed E-state index contributed by atoms with van der Waals surface area (Å²) in [4.78, 5) is 29.4. The van der Waals surface area contributed by atoms with Crippen LogP contribution in [-0.2, 0) is 11.2 Å². The number of ether oxygens (including phenoxy) is 1. The molecule has 0 aromatic carbocycles. The lowest BCUT2D eigenvalue weighted by Crippen LogP contribution is -2.49. The van der Waals surface area contributed by atoms with Crippen molar-refractivity contribution >= 4 is 23.2 Å². The number of carbonyl (C=O) groups is 1. The first-order chi connectivity index (χ1) is 11.7. The van der Waals surface area contributed by atoms with Gasteiger partial charge in [0.15, 0.2) is 0 Å². The van der Waals surface area contributed by atoms with Crippen LogP contribution < -0.4 is 9.64 Å². The third-order valence-electron chi connectivity index (χ3n) is 3.82. The first-order valence-electron chi connectivity index (χ1n) is 8.05. The number of anilines is 1. The van der Waals surface area contributed by atoms with Gasteiger partial charge in [-0.2, -0.15) is 4.98 Å². The zero-order valence-electron chi connectivity index (χ0n) is 13.9. The zero-order chi connectivity index (χ0) is 16.9. The molecule has 1 saturated heterocycles. The van der Waals surface area contributed by atoms with E-state index in [1.807, 2.05) is 24.1 Å². The molecule has 0 saturated carbocycles. The molecule has 0 spiro atoms.